The van der Waals surface area contributed by atoms with Crippen LogP contribution < -0.4 is 0 Å². The SMILES string of the molecule is C[Si]1(C)CC=C[C@H]2O[C@H]3CC[C@H]4O[C@H]5C=CC[Si](C)(C)O[C@@H]5CC[C@@H]4O[C@@H]3CC[C@@H]2O1. The molecule has 5 heterocycles. The largest absolute Gasteiger partial charge is 0.411 e. The fourth-order valence-electron chi connectivity index (χ4n) is 5.96. The quantitative estimate of drug-likeness (QED) is 0.375. The van der Waals surface area contributed by atoms with E-state index in [2.05, 4.69) is 50.5 Å². The molecule has 31 heavy (non-hydrogen) atoms. The molecule has 0 spiro atoms. The van der Waals surface area contributed by atoms with Gasteiger partial charge in [-0.05, 0) is 76.8 Å². The molecule has 5 aliphatic heterocycles. The first-order valence-electron chi connectivity index (χ1n) is 12.4. The third-order valence-electron chi connectivity index (χ3n) is 7.59. The van der Waals surface area contributed by atoms with Crippen molar-refractivity contribution in [2.45, 2.75) is 126 Å². The molecule has 0 aromatic carbocycles. The molecule has 0 aromatic rings. The van der Waals surface area contributed by atoms with E-state index in [9.17, 15) is 0 Å². The molecule has 5 nitrogen and oxygen atoms in total. The van der Waals surface area contributed by atoms with Crippen LogP contribution in [0, 0.1) is 0 Å². The third kappa shape index (κ3) is 5.13. The Kier molecular flexibility index (Phi) is 6.40. The van der Waals surface area contributed by atoms with Crippen molar-refractivity contribution in [3.63, 3.8) is 0 Å². The number of hydrogen-bond donors (Lipinski definition) is 0. The first-order chi connectivity index (χ1) is 14.8. The third-order valence-corrected chi connectivity index (χ3v) is 11.9. The Labute approximate surface area is 189 Å². The van der Waals surface area contributed by atoms with Gasteiger partial charge in [0.2, 0.25) is 0 Å². The topological polar surface area (TPSA) is 46.2 Å². The van der Waals surface area contributed by atoms with Gasteiger partial charge in [0.25, 0.3) is 0 Å². The molecular formula is C24H40O5Si2. The van der Waals surface area contributed by atoms with Crippen LogP contribution in [0.1, 0.15) is 38.5 Å². The highest BCUT2D eigenvalue weighted by Crippen LogP contribution is 2.38. The van der Waals surface area contributed by atoms with E-state index in [0.717, 1.165) is 50.6 Å². The zero-order valence-electron chi connectivity index (χ0n) is 19.6. The van der Waals surface area contributed by atoms with E-state index >= 15 is 0 Å². The van der Waals surface area contributed by atoms with E-state index in [1.807, 2.05) is 0 Å². The molecule has 0 aliphatic carbocycles. The van der Waals surface area contributed by atoms with Crippen molar-refractivity contribution in [3.8, 4) is 0 Å². The summed E-state index contributed by atoms with van der Waals surface area (Å²) < 4.78 is 33.3. The van der Waals surface area contributed by atoms with Crippen LogP contribution >= 0.6 is 0 Å². The summed E-state index contributed by atoms with van der Waals surface area (Å²) in [6.07, 6.45) is 16.2. The Hall–Kier alpha value is -0.286. The van der Waals surface area contributed by atoms with Crippen LogP contribution in [-0.2, 0) is 23.1 Å². The molecule has 5 rings (SSSR count). The Morgan fingerprint density at radius 1 is 0.516 bits per heavy atom. The molecule has 3 saturated heterocycles. The Morgan fingerprint density at radius 3 is 1.29 bits per heavy atom. The maximum Gasteiger partial charge on any atom is 0.191 e. The van der Waals surface area contributed by atoms with Gasteiger partial charge in [-0.1, -0.05) is 24.3 Å². The molecule has 0 amide bonds. The van der Waals surface area contributed by atoms with Gasteiger partial charge in [0.05, 0.1) is 36.6 Å². The van der Waals surface area contributed by atoms with Crippen LogP contribution in [0.4, 0.5) is 0 Å². The van der Waals surface area contributed by atoms with Crippen LogP contribution in [0.5, 0.6) is 0 Å². The minimum Gasteiger partial charge on any atom is -0.411 e. The molecule has 3 fully saturated rings. The molecule has 0 N–H and O–H groups in total. The number of fused-ring (bicyclic) bond motifs is 4. The van der Waals surface area contributed by atoms with E-state index in [1.165, 1.54) is 0 Å². The summed E-state index contributed by atoms with van der Waals surface area (Å²) in [7, 11) is -3.29. The summed E-state index contributed by atoms with van der Waals surface area (Å²) in [6, 6.07) is 2.15. The lowest BCUT2D eigenvalue weighted by Gasteiger charge is -2.30. The zero-order chi connectivity index (χ0) is 21.6. The van der Waals surface area contributed by atoms with Gasteiger partial charge >= 0.3 is 0 Å². The van der Waals surface area contributed by atoms with E-state index in [-0.39, 0.29) is 48.8 Å². The lowest BCUT2D eigenvalue weighted by molar-refractivity contribution is -0.129. The van der Waals surface area contributed by atoms with Gasteiger partial charge in [-0.3, -0.25) is 0 Å². The van der Waals surface area contributed by atoms with Gasteiger partial charge in [0, 0.05) is 0 Å². The van der Waals surface area contributed by atoms with Gasteiger partial charge in [0.15, 0.2) is 16.6 Å². The highest BCUT2D eigenvalue weighted by atomic mass is 28.4. The lowest BCUT2D eigenvalue weighted by Crippen LogP contribution is -2.39. The van der Waals surface area contributed by atoms with Crippen molar-refractivity contribution < 1.29 is 23.1 Å². The molecular weight excluding hydrogens is 424 g/mol. The van der Waals surface area contributed by atoms with E-state index in [4.69, 9.17) is 23.1 Å². The average molecular weight is 465 g/mol. The van der Waals surface area contributed by atoms with Gasteiger partial charge in [0.1, 0.15) is 12.2 Å². The second kappa shape index (κ2) is 8.82. The van der Waals surface area contributed by atoms with Crippen LogP contribution in [0.2, 0.25) is 38.3 Å². The number of hydrogen-bond acceptors (Lipinski definition) is 5. The van der Waals surface area contributed by atoms with Crippen LogP contribution in [0.3, 0.4) is 0 Å². The lowest BCUT2D eigenvalue weighted by atomic mass is 10.0. The van der Waals surface area contributed by atoms with Crippen LogP contribution in [0.25, 0.3) is 0 Å². The zero-order valence-corrected chi connectivity index (χ0v) is 21.6. The minimum absolute atomic E-state index is 0.0615. The maximum atomic E-state index is 6.77. The van der Waals surface area contributed by atoms with E-state index in [0.29, 0.717) is 0 Å². The average Bonchev–Trinajstić information content (AvgIpc) is 3.12. The standard InChI is InChI=1S/C24H40O5Si2/c1-30(2)15-5-7-17-23(28-30)13-11-21-19(25-17)9-10-20-22(27-21)12-14-24-18(26-20)8-6-16-31(3,4)29-24/h5-8,17-24H,9-16H2,1-4H3/t17-,18+,19+,20-,21-,22+,23+,24-. The molecule has 5 aliphatic rings. The molecule has 174 valence electrons. The fourth-order valence-corrected chi connectivity index (χ4v) is 9.71. The second-order valence-corrected chi connectivity index (χ2v) is 19.6. The van der Waals surface area contributed by atoms with Gasteiger partial charge < -0.3 is 23.1 Å². The monoisotopic (exact) mass is 464 g/mol. The summed E-state index contributed by atoms with van der Waals surface area (Å²) in [5.74, 6) is 0. The smallest absolute Gasteiger partial charge is 0.191 e. The second-order valence-electron chi connectivity index (χ2n) is 11.3. The number of rotatable bonds is 0. The first kappa shape index (κ1) is 22.5. The van der Waals surface area contributed by atoms with Crippen molar-refractivity contribution in [1.82, 2.24) is 0 Å². The van der Waals surface area contributed by atoms with Gasteiger partial charge in [-0.15, -0.1) is 0 Å². The van der Waals surface area contributed by atoms with Crippen molar-refractivity contribution in [3.05, 3.63) is 24.3 Å². The summed E-state index contributed by atoms with van der Waals surface area (Å²) in [5, 5.41) is 0. The summed E-state index contributed by atoms with van der Waals surface area (Å²) >= 11 is 0. The van der Waals surface area contributed by atoms with Gasteiger partial charge in [-0.25, -0.2) is 0 Å². The highest BCUT2D eigenvalue weighted by Gasteiger charge is 2.45. The van der Waals surface area contributed by atoms with Crippen molar-refractivity contribution >= 4 is 16.6 Å². The minimum atomic E-state index is -1.64. The highest BCUT2D eigenvalue weighted by molar-refractivity contribution is 6.72. The predicted octanol–water partition coefficient (Wildman–Crippen LogP) is 4.95. The summed E-state index contributed by atoms with van der Waals surface area (Å²) in [6.45, 7) is 9.26. The Morgan fingerprint density at radius 2 is 0.871 bits per heavy atom. The molecule has 0 bridgehead atoms. The van der Waals surface area contributed by atoms with Gasteiger partial charge in [-0.2, -0.15) is 0 Å². The van der Waals surface area contributed by atoms with Crippen molar-refractivity contribution in [2.24, 2.45) is 0 Å². The molecule has 0 unspecified atom stereocenters. The van der Waals surface area contributed by atoms with Crippen molar-refractivity contribution in [2.75, 3.05) is 0 Å². The number of allylic oxidation sites excluding steroid dienone is 2. The van der Waals surface area contributed by atoms with E-state index < -0.39 is 16.6 Å². The van der Waals surface area contributed by atoms with Crippen molar-refractivity contribution in [1.29, 1.82) is 0 Å². The Bertz CT molecular complexity index is 650. The van der Waals surface area contributed by atoms with Crippen LogP contribution in [-0.4, -0.2) is 65.5 Å². The van der Waals surface area contributed by atoms with Crippen LogP contribution in [0.15, 0.2) is 24.3 Å². The molecule has 8 atom stereocenters. The molecule has 0 saturated carbocycles. The molecule has 0 radical (unpaired) electrons. The normalized spacial score (nSPS) is 46.6. The number of ether oxygens (including phenoxy) is 3. The first-order valence-corrected chi connectivity index (χ1v) is 18.7. The summed E-state index contributed by atoms with van der Waals surface area (Å²) in [4.78, 5) is 0. The molecule has 0 aromatic heterocycles. The van der Waals surface area contributed by atoms with E-state index in [1.54, 1.807) is 0 Å². The summed E-state index contributed by atoms with van der Waals surface area (Å²) in [5.41, 5.74) is 0. The fraction of sp³-hybridized carbons (Fsp3) is 0.833. The Balaban J connectivity index is 1.29. The maximum absolute atomic E-state index is 6.77. The predicted molar refractivity (Wildman–Crippen MR) is 126 cm³/mol. The molecule has 7 heteroatoms.